The molecule has 0 radical (unpaired) electrons. The Labute approximate surface area is 149 Å². The Kier molecular flexibility index (Phi) is 7.06. The van der Waals surface area contributed by atoms with E-state index in [2.05, 4.69) is 37.2 Å². The van der Waals surface area contributed by atoms with Gasteiger partial charge in [-0.3, -0.25) is 4.90 Å². The number of hydrogen-bond donors (Lipinski definition) is 0. The van der Waals surface area contributed by atoms with Gasteiger partial charge in [-0.2, -0.15) is 0 Å². The van der Waals surface area contributed by atoms with Gasteiger partial charge in [0.2, 0.25) is 0 Å². The topological polar surface area (TPSA) is 34.6 Å². The average molecular weight is 349 g/mol. The lowest BCUT2D eigenvalue weighted by atomic mass is 10.1. The SMILES string of the molecule is CCCCc1nc(CN(C)Cc2cc(OC)c(OC)cc2C)cs1. The molecule has 24 heavy (non-hydrogen) atoms. The lowest BCUT2D eigenvalue weighted by molar-refractivity contribution is 0.312. The first kappa shape index (κ1) is 18.7. The van der Waals surface area contributed by atoms with Crippen LogP contribution in [0.25, 0.3) is 0 Å². The van der Waals surface area contributed by atoms with E-state index in [4.69, 9.17) is 14.5 Å². The van der Waals surface area contributed by atoms with Gasteiger partial charge in [-0.15, -0.1) is 11.3 Å². The van der Waals surface area contributed by atoms with E-state index >= 15 is 0 Å². The van der Waals surface area contributed by atoms with Crippen LogP contribution in [0, 0.1) is 6.92 Å². The molecule has 0 aliphatic rings. The van der Waals surface area contributed by atoms with E-state index in [9.17, 15) is 0 Å². The van der Waals surface area contributed by atoms with Crippen molar-refractivity contribution in [2.24, 2.45) is 0 Å². The summed E-state index contributed by atoms with van der Waals surface area (Å²) in [5, 5.41) is 3.44. The number of aryl methyl sites for hydroxylation is 2. The van der Waals surface area contributed by atoms with Gasteiger partial charge in [0.1, 0.15) is 0 Å². The first-order chi connectivity index (χ1) is 11.6. The third-order valence-electron chi connectivity index (χ3n) is 4.06. The van der Waals surface area contributed by atoms with E-state index in [1.165, 1.54) is 29.0 Å². The van der Waals surface area contributed by atoms with E-state index < -0.39 is 0 Å². The molecule has 0 fully saturated rings. The Morgan fingerprint density at radius 2 is 1.83 bits per heavy atom. The molecule has 0 unspecified atom stereocenters. The number of thiazole rings is 1. The molecule has 0 saturated carbocycles. The maximum atomic E-state index is 5.42. The third-order valence-corrected chi connectivity index (χ3v) is 5.02. The van der Waals surface area contributed by atoms with E-state index in [0.717, 1.165) is 36.7 Å². The minimum absolute atomic E-state index is 0.779. The molecule has 2 rings (SSSR count). The van der Waals surface area contributed by atoms with Crippen LogP contribution in [0.4, 0.5) is 0 Å². The molecule has 2 aromatic rings. The summed E-state index contributed by atoms with van der Waals surface area (Å²) in [6.07, 6.45) is 3.53. The zero-order chi connectivity index (χ0) is 17.5. The van der Waals surface area contributed by atoms with Crippen molar-refractivity contribution in [3.05, 3.63) is 39.3 Å². The second kappa shape index (κ2) is 9.04. The quantitative estimate of drug-likeness (QED) is 0.671. The summed E-state index contributed by atoms with van der Waals surface area (Å²) >= 11 is 1.78. The molecular formula is C19H28N2O2S. The van der Waals surface area contributed by atoms with Crippen molar-refractivity contribution in [1.29, 1.82) is 0 Å². The minimum Gasteiger partial charge on any atom is -0.493 e. The highest BCUT2D eigenvalue weighted by molar-refractivity contribution is 7.09. The van der Waals surface area contributed by atoms with Gasteiger partial charge in [-0.05, 0) is 50.1 Å². The van der Waals surface area contributed by atoms with Crippen LogP contribution in [-0.2, 0) is 19.5 Å². The number of methoxy groups -OCH3 is 2. The van der Waals surface area contributed by atoms with E-state index in [1.807, 2.05) is 6.07 Å². The number of nitrogens with zero attached hydrogens (tertiary/aromatic N) is 2. The number of unbranched alkanes of at least 4 members (excludes halogenated alkanes) is 1. The molecule has 1 heterocycles. The number of rotatable bonds is 9. The largest absolute Gasteiger partial charge is 0.493 e. The Morgan fingerprint density at radius 1 is 1.12 bits per heavy atom. The van der Waals surface area contributed by atoms with Crippen LogP contribution in [-0.4, -0.2) is 31.2 Å². The summed E-state index contributed by atoms with van der Waals surface area (Å²) < 4.78 is 10.8. The lowest BCUT2D eigenvalue weighted by Gasteiger charge is -2.18. The van der Waals surface area contributed by atoms with Crippen LogP contribution in [0.3, 0.4) is 0 Å². The van der Waals surface area contributed by atoms with Gasteiger partial charge in [0.15, 0.2) is 11.5 Å². The highest BCUT2D eigenvalue weighted by Crippen LogP contribution is 2.30. The number of benzene rings is 1. The van der Waals surface area contributed by atoms with E-state index in [0.29, 0.717) is 0 Å². The number of hydrogen-bond acceptors (Lipinski definition) is 5. The van der Waals surface area contributed by atoms with Gasteiger partial charge in [0.25, 0.3) is 0 Å². The molecule has 1 aromatic carbocycles. The van der Waals surface area contributed by atoms with E-state index in [1.54, 1.807) is 25.6 Å². The van der Waals surface area contributed by atoms with Gasteiger partial charge in [0, 0.05) is 18.5 Å². The summed E-state index contributed by atoms with van der Waals surface area (Å²) in [7, 11) is 5.47. The molecule has 5 heteroatoms. The van der Waals surface area contributed by atoms with Crippen molar-refractivity contribution >= 4 is 11.3 Å². The van der Waals surface area contributed by atoms with Crippen molar-refractivity contribution in [3.63, 3.8) is 0 Å². The second-order valence-electron chi connectivity index (χ2n) is 6.14. The van der Waals surface area contributed by atoms with Crippen molar-refractivity contribution in [3.8, 4) is 11.5 Å². The Bertz CT molecular complexity index is 655. The Hall–Kier alpha value is -1.59. The highest BCUT2D eigenvalue weighted by Gasteiger charge is 2.11. The molecular weight excluding hydrogens is 320 g/mol. The van der Waals surface area contributed by atoms with Gasteiger partial charge in [-0.1, -0.05) is 13.3 Å². The minimum atomic E-state index is 0.779. The fourth-order valence-electron chi connectivity index (χ4n) is 2.68. The smallest absolute Gasteiger partial charge is 0.161 e. The van der Waals surface area contributed by atoms with Gasteiger partial charge >= 0.3 is 0 Å². The average Bonchev–Trinajstić information content (AvgIpc) is 3.01. The lowest BCUT2D eigenvalue weighted by Crippen LogP contribution is -2.18. The molecule has 4 nitrogen and oxygen atoms in total. The number of aromatic nitrogens is 1. The fraction of sp³-hybridized carbons (Fsp3) is 0.526. The molecule has 0 saturated heterocycles. The summed E-state index contributed by atoms with van der Waals surface area (Å²) in [4.78, 5) is 7.03. The summed E-state index contributed by atoms with van der Waals surface area (Å²) in [5.74, 6) is 1.56. The maximum absolute atomic E-state index is 5.42. The van der Waals surface area contributed by atoms with Crippen LogP contribution in [0.2, 0.25) is 0 Å². The van der Waals surface area contributed by atoms with Gasteiger partial charge < -0.3 is 9.47 Å². The summed E-state index contributed by atoms with van der Waals surface area (Å²) in [6, 6.07) is 4.10. The highest BCUT2D eigenvalue weighted by atomic mass is 32.1. The van der Waals surface area contributed by atoms with Crippen molar-refractivity contribution in [2.45, 2.75) is 46.2 Å². The van der Waals surface area contributed by atoms with Crippen LogP contribution >= 0.6 is 11.3 Å². The van der Waals surface area contributed by atoms with Crippen LogP contribution < -0.4 is 9.47 Å². The molecule has 132 valence electrons. The molecule has 0 aliphatic carbocycles. The van der Waals surface area contributed by atoms with Crippen molar-refractivity contribution in [2.75, 3.05) is 21.3 Å². The predicted molar refractivity (Wildman–Crippen MR) is 100 cm³/mol. The molecule has 0 amide bonds. The first-order valence-electron chi connectivity index (χ1n) is 8.40. The van der Waals surface area contributed by atoms with Crippen molar-refractivity contribution in [1.82, 2.24) is 9.88 Å². The normalized spacial score (nSPS) is 11.1. The van der Waals surface area contributed by atoms with Crippen LogP contribution in [0.1, 0.15) is 41.6 Å². The molecule has 1 aromatic heterocycles. The summed E-state index contributed by atoms with van der Waals surface area (Å²) in [6.45, 7) is 6.04. The molecule has 0 atom stereocenters. The Morgan fingerprint density at radius 3 is 2.50 bits per heavy atom. The Balaban J connectivity index is 2.01. The van der Waals surface area contributed by atoms with Crippen LogP contribution in [0.5, 0.6) is 11.5 Å². The number of ether oxygens (including phenoxy) is 2. The maximum Gasteiger partial charge on any atom is 0.161 e. The molecule has 0 bridgehead atoms. The molecule has 0 aliphatic heterocycles. The fourth-order valence-corrected chi connectivity index (χ4v) is 3.51. The van der Waals surface area contributed by atoms with Gasteiger partial charge in [-0.25, -0.2) is 4.98 Å². The monoisotopic (exact) mass is 348 g/mol. The molecule has 0 N–H and O–H groups in total. The summed E-state index contributed by atoms with van der Waals surface area (Å²) in [5.41, 5.74) is 3.62. The van der Waals surface area contributed by atoms with E-state index in [-0.39, 0.29) is 0 Å². The second-order valence-corrected chi connectivity index (χ2v) is 7.08. The standard InChI is InChI=1S/C19H28N2O2S/c1-6-7-8-19-20-16(13-24-19)12-21(3)11-15-10-18(23-5)17(22-4)9-14(15)2/h9-10,13H,6-8,11-12H2,1-5H3. The first-order valence-corrected chi connectivity index (χ1v) is 9.28. The zero-order valence-corrected chi connectivity index (χ0v) is 16.2. The third kappa shape index (κ3) is 4.95. The zero-order valence-electron chi connectivity index (χ0n) is 15.4. The van der Waals surface area contributed by atoms with Crippen LogP contribution in [0.15, 0.2) is 17.5 Å². The van der Waals surface area contributed by atoms with Gasteiger partial charge in [0.05, 0.1) is 24.9 Å². The predicted octanol–water partition coefficient (Wildman–Crippen LogP) is 4.44. The van der Waals surface area contributed by atoms with Crippen molar-refractivity contribution < 1.29 is 9.47 Å². The molecule has 0 spiro atoms.